The highest BCUT2D eigenvalue weighted by Crippen LogP contribution is 2.34. The maximum absolute atomic E-state index is 13.4. The van der Waals surface area contributed by atoms with Crippen molar-refractivity contribution in [1.29, 1.82) is 0 Å². The van der Waals surface area contributed by atoms with Gasteiger partial charge in [-0.2, -0.15) is 13.2 Å². The smallest absolute Gasteiger partial charge is 0.416 e. The summed E-state index contributed by atoms with van der Waals surface area (Å²) < 4.78 is 55.5. The van der Waals surface area contributed by atoms with Crippen molar-refractivity contribution < 1.29 is 37.0 Å². The van der Waals surface area contributed by atoms with Crippen LogP contribution in [0.1, 0.15) is 34.7 Å². The summed E-state index contributed by atoms with van der Waals surface area (Å²) in [6.45, 7) is -0.236. The Morgan fingerprint density at radius 2 is 1.79 bits per heavy atom. The van der Waals surface area contributed by atoms with Crippen LogP contribution in [0.3, 0.4) is 0 Å². The minimum absolute atomic E-state index is 0.140. The molecule has 0 saturated heterocycles. The van der Waals surface area contributed by atoms with Crippen molar-refractivity contribution in [3.63, 3.8) is 0 Å². The molecule has 11 heteroatoms. The number of allylic oxidation sites excluding steroid dienone is 1. The van der Waals surface area contributed by atoms with E-state index in [4.69, 9.17) is 14.2 Å². The molecule has 0 bridgehead atoms. The summed E-state index contributed by atoms with van der Waals surface area (Å²) in [4.78, 5) is 29.9. The predicted molar refractivity (Wildman–Crippen MR) is 128 cm³/mol. The van der Waals surface area contributed by atoms with E-state index in [0.717, 1.165) is 17.7 Å². The molecule has 0 spiro atoms. The zero-order chi connectivity index (χ0) is 26.7. The molecule has 0 fully saturated rings. The van der Waals surface area contributed by atoms with E-state index in [1.165, 1.54) is 24.5 Å². The van der Waals surface area contributed by atoms with Gasteiger partial charge in [-0.25, -0.2) is 9.59 Å². The number of rotatable bonds is 7. The van der Waals surface area contributed by atoms with Crippen LogP contribution in [0, 0.1) is 0 Å². The fraction of sp³-hybridized carbons (Fsp3) is 0.222. The molecule has 2 amide bonds. The molecule has 1 unspecified atom stereocenters. The molecule has 2 aliphatic rings. The molecule has 8 nitrogen and oxygen atoms in total. The lowest BCUT2D eigenvalue weighted by atomic mass is 9.93. The zero-order valence-corrected chi connectivity index (χ0v) is 19.9. The van der Waals surface area contributed by atoms with Gasteiger partial charge < -0.3 is 24.8 Å². The van der Waals surface area contributed by atoms with Crippen LogP contribution in [-0.4, -0.2) is 23.8 Å². The normalized spacial score (nSPS) is 16.6. The molecule has 1 atom stereocenters. The van der Waals surface area contributed by atoms with Crippen molar-refractivity contribution in [2.45, 2.75) is 31.7 Å². The van der Waals surface area contributed by atoms with E-state index < -0.39 is 29.8 Å². The monoisotopic (exact) mass is 525 g/mol. The van der Waals surface area contributed by atoms with E-state index in [-0.39, 0.29) is 31.0 Å². The van der Waals surface area contributed by atoms with E-state index in [1.54, 1.807) is 18.2 Å². The van der Waals surface area contributed by atoms with Crippen LogP contribution in [-0.2, 0) is 28.7 Å². The maximum atomic E-state index is 13.4. The molecule has 196 valence electrons. The lowest BCUT2D eigenvalue weighted by Crippen LogP contribution is -2.46. The molecule has 0 radical (unpaired) electrons. The number of ether oxygens (including phenoxy) is 3. The number of urea groups is 1. The second-order valence-electron chi connectivity index (χ2n) is 8.67. The number of hydrogen-bond donors (Lipinski definition) is 2. The van der Waals surface area contributed by atoms with Crippen molar-refractivity contribution in [3.8, 4) is 11.5 Å². The number of carbonyl (C=O) groups excluding carboxylic acids is 2. The lowest BCUT2D eigenvalue weighted by Gasteiger charge is -2.29. The van der Waals surface area contributed by atoms with Crippen LogP contribution < -0.4 is 20.1 Å². The lowest BCUT2D eigenvalue weighted by molar-refractivity contribution is -0.140. The number of fused-ring (bicyclic) bond motifs is 1. The molecular weight excluding hydrogens is 503 g/mol. The minimum atomic E-state index is -4.52. The second-order valence-corrected chi connectivity index (χ2v) is 8.67. The van der Waals surface area contributed by atoms with Gasteiger partial charge in [0.15, 0.2) is 11.5 Å². The van der Waals surface area contributed by atoms with Crippen molar-refractivity contribution in [2.24, 2.45) is 0 Å². The molecule has 38 heavy (non-hydrogen) atoms. The molecule has 3 aromatic rings. The van der Waals surface area contributed by atoms with Crippen LogP contribution in [0.15, 0.2) is 78.3 Å². The summed E-state index contributed by atoms with van der Waals surface area (Å²) in [6, 6.07) is 12.0. The minimum Gasteiger partial charge on any atom is -0.457 e. The average Bonchev–Trinajstić information content (AvgIpc) is 3.38. The molecule has 2 aliphatic heterocycles. The Hall–Kier alpha value is -4.54. The van der Waals surface area contributed by atoms with Gasteiger partial charge in [0.1, 0.15) is 6.61 Å². The quantitative estimate of drug-likeness (QED) is 0.430. The van der Waals surface area contributed by atoms with Crippen molar-refractivity contribution >= 4 is 12.0 Å². The summed E-state index contributed by atoms with van der Waals surface area (Å²) in [5, 5.41) is 5.44. The average molecular weight is 525 g/mol. The first-order valence-electron chi connectivity index (χ1n) is 11.7. The predicted octanol–water partition coefficient (Wildman–Crippen LogP) is 4.81. The number of hydrogen-bond acceptors (Lipinski definition) is 6. The van der Waals surface area contributed by atoms with Gasteiger partial charge in [0.25, 0.3) is 0 Å². The molecule has 3 heterocycles. The van der Waals surface area contributed by atoms with Crippen LogP contribution in [0.2, 0.25) is 0 Å². The highest BCUT2D eigenvalue weighted by atomic mass is 19.4. The first-order valence-corrected chi connectivity index (χ1v) is 11.7. The molecule has 2 N–H and O–H groups in total. The molecule has 5 rings (SSSR count). The molecule has 2 aromatic carbocycles. The summed E-state index contributed by atoms with van der Waals surface area (Å²) in [7, 11) is 0. The van der Waals surface area contributed by atoms with Crippen LogP contribution in [0.5, 0.6) is 11.5 Å². The number of nitrogens with zero attached hydrogens (tertiary/aromatic N) is 1. The summed E-state index contributed by atoms with van der Waals surface area (Å²) in [5.41, 5.74) is 1.35. The molecule has 0 saturated carbocycles. The third kappa shape index (κ3) is 5.56. The number of pyridine rings is 1. The second kappa shape index (κ2) is 10.4. The van der Waals surface area contributed by atoms with E-state index in [0.29, 0.717) is 29.2 Å². The van der Waals surface area contributed by atoms with Gasteiger partial charge in [-0.05, 0) is 65.9 Å². The van der Waals surface area contributed by atoms with E-state index in [1.807, 2.05) is 12.1 Å². The van der Waals surface area contributed by atoms with E-state index >= 15 is 0 Å². The Morgan fingerprint density at radius 1 is 1.00 bits per heavy atom. The van der Waals surface area contributed by atoms with Gasteiger partial charge in [-0.1, -0.05) is 18.2 Å². The first kappa shape index (κ1) is 25.1. The fourth-order valence-corrected chi connectivity index (χ4v) is 4.29. The highest BCUT2D eigenvalue weighted by molar-refractivity contribution is 5.95. The first-order chi connectivity index (χ1) is 18.3. The van der Waals surface area contributed by atoms with Crippen molar-refractivity contribution in [3.05, 3.63) is 101 Å². The molecule has 0 aliphatic carbocycles. The highest BCUT2D eigenvalue weighted by Gasteiger charge is 2.34. The Kier molecular flexibility index (Phi) is 6.91. The van der Waals surface area contributed by atoms with Crippen molar-refractivity contribution in [1.82, 2.24) is 15.6 Å². The Bertz CT molecular complexity index is 1390. The summed E-state index contributed by atoms with van der Waals surface area (Å²) >= 11 is 0. The SMILES string of the molecule is O=C1NC(CCc2ccc3c(c2)OCO3)=C(C(=O)OCc2cccc(C(F)(F)F)c2)C(c2ccncc2)N1. The van der Waals surface area contributed by atoms with Crippen LogP contribution >= 0.6 is 0 Å². The molecule has 1 aromatic heterocycles. The summed E-state index contributed by atoms with van der Waals surface area (Å²) in [5.74, 6) is 0.485. The summed E-state index contributed by atoms with van der Waals surface area (Å²) in [6.07, 6.45) is -0.723. The van der Waals surface area contributed by atoms with Gasteiger partial charge in [-0.3, -0.25) is 4.98 Å². The third-order valence-electron chi connectivity index (χ3n) is 6.14. The maximum Gasteiger partial charge on any atom is 0.416 e. The number of aromatic nitrogens is 1. The van der Waals surface area contributed by atoms with Gasteiger partial charge in [-0.15, -0.1) is 0 Å². The third-order valence-corrected chi connectivity index (χ3v) is 6.14. The van der Waals surface area contributed by atoms with Crippen LogP contribution in [0.25, 0.3) is 0 Å². The van der Waals surface area contributed by atoms with E-state index in [9.17, 15) is 22.8 Å². The van der Waals surface area contributed by atoms with Crippen molar-refractivity contribution in [2.75, 3.05) is 6.79 Å². The zero-order valence-electron chi connectivity index (χ0n) is 19.9. The number of esters is 1. The van der Waals surface area contributed by atoms with Crippen LogP contribution in [0.4, 0.5) is 18.0 Å². The Balaban J connectivity index is 1.41. The molecular formula is C27H22F3N3O5. The van der Waals surface area contributed by atoms with Gasteiger partial charge in [0.05, 0.1) is 17.2 Å². The Labute approximate surface area is 215 Å². The Morgan fingerprint density at radius 3 is 2.58 bits per heavy atom. The van der Waals surface area contributed by atoms with Gasteiger partial charge >= 0.3 is 18.2 Å². The number of halogens is 3. The van der Waals surface area contributed by atoms with Gasteiger partial charge in [0, 0.05) is 18.1 Å². The topological polar surface area (TPSA) is 98.8 Å². The largest absolute Gasteiger partial charge is 0.457 e. The van der Waals surface area contributed by atoms with E-state index in [2.05, 4.69) is 15.6 Å². The number of alkyl halides is 3. The standard InChI is InChI=1S/C27H22F3N3O5/c28-27(29,30)19-3-1-2-17(12-19)14-36-25(34)23-20(6-4-16-5-7-21-22(13-16)38-15-37-21)32-26(35)33-24(23)18-8-10-31-11-9-18/h1-3,5,7-13,24H,4,6,14-15H2,(H2,32,33,35). The van der Waals surface area contributed by atoms with Gasteiger partial charge in [0.2, 0.25) is 6.79 Å². The number of aryl methyl sites for hydroxylation is 1. The number of amides is 2. The number of carbonyl (C=O) groups is 2. The fourth-order valence-electron chi connectivity index (χ4n) is 4.29. The number of benzene rings is 2. The number of nitrogens with one attached hydrogen (secondary N) is 2.